The average molecular weight is 403 g/mol. The largest absolute Gasteiger partial charge is 0.365 e. The number of hydrogen-bond donors (Lipinski definition) is 1. The topological polar surface area (TPSA) is 54.9 Å². The third-order valence-corrected chi connectivity index (χ3v) is 5.23. The zero-order chi connectivity index (χ0) is 20.1. The predicted molar refractivity (Wildman–Crippen MR) is 115 cm³/mol. The zero-order valence-electron chi connectivity index (χ0n) is 15.5. The first kappa shape index (κ1) is 19.1. The molecule has 0 radical (unpaired) electrons. The van der Waals surface area contributed by atoms with Crippen LogP contribution in [0.5, 0.6) is 0 Å². The van der Waals surface area contributed by atoms with Crippen molar-refractivity contribution in [2.24, 2.45) is 0 Å². The molecule has 1 heterocycles. The normalized spacial score (nSPS) is 10.8. The number of nitrogens with one attached hydrogen (secondary N) is 1. The Bertz CT molecular complexity index is 1130. The molecule has 0 saturated heterocycles. The number of para-hydroxylation sites is 1. The maximum Gasteiger partial charge on any atom is 0.190 e. The Morgan fingerprint density at radius 3 is 2.41 bits per heavy atom. The number of thioether (sulfide) groups is 1. The number of carbonyl (C=O) groups is 1. The highest BCUT2D eigenvalue weighted by Gasteiger charge is 2.11. The van der Waals surface area contributed by atoms with Crippen LogP contribution in [-0.4, -0.2) is 21.5 Å². The van der Waals surface area contributed by atoms with Crippen molar-refractivity contribution in [1.82, 2.24) is 9.97 Å². The standard InChI is InChI=1S/C23H18FN3OS/c24-18-12-10-17(11-13-18)21(28)15-29-23-26-20-9-5-4-8-19(20)22(27-23)25-14-16-6-2-1-3-7-16/h1-13H,14-15H2,(H,25,26,27). The highest BCUT2D eigenvalue weighted by atomic mass is 32.2. The monoisotopic (exact) mass is 403 g/mol. The first-order valence-electron chi connectivity index (χ1n) is 9.15. The van der Waals surface area contributed by atoms with E-state index in [0.717, 1.165) is 22.3 Å². The van der Waals surface area contributed by atoms with E-state index >= 15 is 0 Å². The first-order valence-corrected chi connectivity index (χ1v) is 10.1. The number of aromatic nitrogens is 2. The number of carbonyl (C=O) groups excluding carboxylic acids is 1. The van der Waals surface area contributed by atoms with E-state index in [1.54, 1.807) is 0 Å². The molecule has 0 fully saturated rings. The van der Waals surface area contributed by atoms with Gasteiger partial charge < -0.3 is 5.32 Å². The number of benzene rings is 3. The van der Waals surface area contributed by atoms with Gasteiger partial charge in [-0.05, 0) is 42.0 Å². The molecule has 0 bridgehead atoms. The average Bonchev–Trinajstić information content (AvgIpc) is 2.77. The third-order valence-electron chi connectivity index (χ3n) is 4.38. The van der Waals surface area contributed by atoms with Crippen LogP contribution in [0.4, 0.5) is 10.2 Å². The van der Waals surface area contributed by atoms with E-state index < -0.39 is 0 Å². The second-order valence-corrected chi connectivity index (χ2v) is 7.37. The minimum absolute atomic E-state index is 0.0921. The Hall–Kier alpha value is -3.25. The van der Waals surface area contributed by atoms with Gasteiger partial charge in [-0.2, -0.15) is 0 Å². The minimum Gasteiger partial charge on any atom is -0.365 e. The van der Waals surface area contributed by atoms with Crippen molar-refractivity contribution < 1.29 is 9.18 Å². The molecule has 0 atom stereocenters. The summed E-state index contributed by atoms with van der Waals surface area (Å²) >= 11 is 1.27. The summed E-state index contributed by atoms with van der Waals surface area (Å²) in [5.41, 5.74) is 2.44. The van der Waals surface area contributed by atoms with Gasteiger partial charge in [-0.3, -0.25) is 4.79 Å². The summed E-state index contributed by atoms with van der Waals surface area (Å²) in [7, 11) is 0. The van der Waals surface area contributed by atoms with Gasteiger partial charge in [-0.25, -0.2) is 14.4 Å². The Morgan fingerprint density at radius 1 is 0.897 bits per heavy atom. The van der Waals surface area contributed by atoms with Crippen molar-refractivity contribution in [1.29, 1.82) is 0 Å². The molecule has 0 aliphatic rings. The van der Waals surface area contributed by atoms with Crippen LogP contribution in [-0.2, 0) is 6.54 Å². The lowest BCUT2D eigenvalue weighted by Gasteiger charge is -2.11. The van der Waals surface area contributed by atoms with Gasteiger partial charge in [0.25, 0.3) is 0 Å². The Balaban J connectivity index is 1.53. The van der Waals surface area contributed by atoms with Gasteiger partial charge in [0, 0.05) is 17.5 Å². The molecule has 0 aliphatic carbocycles. The summed E-state index contributed by atoms with van der Waals surface area (Å²) in [6.07, 6.45) is 0. The highest BCUT2D eigenvalue weighted by Crippen LogP contribution is 2.25. The molecule has 1 aromatic heterocycles. The number of Topliss-reactive ketones (excluding diaryl/α,β-unsaturated/α-hetero) is 1. The van der Waals surface area contributed by atoms with E-state index in [1.807, 2.05) is 54.6 Å². The highest BCUT2D eigenvalue weighted by molar-refractivity contribution is 7.99. The third kappa shape index (κ3) is 4.78. The van der Waals surface area contributed by atoms with Gasteiger partial charge in [-0.15, -0.1) is 0 Å². The summed E-state index contributed by atoms with van der Waals surface area (Å²) in [5.74, 6) is 0.463. The summed E-state index contributed by atoms with van der Waals surface area (Å²) in [5, 5.41) is 4.83. The van der Waals surface area contributed by atoms with E-state index in [9.17, 15) is 9.18 Å². The molecule has 144 valence electrons. The van der Waals surface area contributed by atoms with Crippen LogP contribution in [0.25, 0.3) is 10.9 Å². The van der Waals surface area contributed by atoms with Crippen molar-refractivity contribution in [3.63, 3.8) is 0 Å². The fourth-order valence-electron chi connectivity index (χ4n) is 2.89. The van der Waals surface area contributed by atoms with Gasteiger partial charge in [0.15, 0.2) is 10.9 Å². The second kappa shape index (κ2) is 8.84. The fourth-order valence-corrected chi connectivity index (χ4v) is 3.63. The lowest BCUT2D eigenvalue weighted by Crippen LogP contribution is -2.06. The van der Waals surface area contributed by atoms with Crippen LogP contribution in [0.1, 0.15) is 15.9 Å². The molecule has 0 saturated carbocycles. The van der Waals surface area contributed by atoms with Crippen molar-refractivity contribution in [2.75, 3.05) is 11.1 Å². The number of fused-ring (bicyclic) bond motifs is 1. The number of rotatable bonds is 7. The van der Waals surface area contributed by atoms with Gasteiger partial charge in [0.05, 0.1) is 11.3 Å². The van der Waals surface area contributed by atoms with E-state index in [-0.39, 0.29) is 17.4 Å². The summed E-state index contributed by atoms with van der Waals surface area (Å²) in [6, 6.07) is 23.4. The summed E-state index contributed by atoms with van der Waals surface area (Å²) in [4.78, 5) is 21.6. The number of anilines is 1. The second-order valence-electron chi connectivity index (χ2n) is 6.43. The molecule has 0 amide bonds. The molecule has 3 aromatic carbocycles. The Labute approximate surface area is 172 Å². The molecular weight excluding hydrogens is 385 g/mol. The molecule has 6 heteroatoms. The van der Waals surface area contributed by atoms with Crippen LogP contribution in [0.3, 0.4) is 0 Å². The van der Waals surface area contributed by atoms with E-state index in [4.69, 9.17) is 0 Å². The van der Waals surface area contributed by atoms with Gasteiger partial charge in [0.1, 0.15) is 11.6 Å². The maximum absolute atomic E-state index is 13.0. The first-order chi connectivity index (χ1) is 14.2. The molecule has 0 aliphatic heterocycles. The fraction of sp³-hybridized carbons (Fsp3) is 0.0870. The lowest BCUT2D eigenvalue weighted by molar-refractivity contribution is 0.102. The quantitative estimate of drug-likeness (QED) is 0.256. The maximum atomic E-state index is 13.0. The molecule has 0 unspecified atom stereocenters. The molecular formula is C23H18FN3OS. The van der Waals surface area contributed by atoms with Crippen molar-refractivity contribution in [3.05, 3.63) is 95.8 Å². The molecule has 4 aromatic rings. The summed E-state index contributed by atoms with van der Waals surface area (Å²) in [6.45, 7) is 0.639. The SMILES string of the molecule is O=C(CSc1nc(NCc2ccccc2)c2ccccc2n1)c1ccc(F)cc1. The Kier molecular flexibility index (Phi) is 5.81. The van der Waals surface area contributed by atoms with E-state index in [1.165, 1.54) is 36.0 Å². The smallest absolute Gasteiger partial charge is 0.190 e. The van der Waals surface area contributed by atoms with Crippen LogP contribution >= 0.6 is 11.8 Å². The molecule has 4 rings (SSSR count). The number of halogens is 1. The van der Waals surface area contributed by atoms with Crippen molar-refractivity contribution in [2.45, 2.75) is 11.7 Å². The van der Waals surface area contributed by atoms with Crippen molar-refractivity contribution >= 4 is 34.3 Å². The van der Waals surface area contributed by atoms with Crippen molar-refractivity contribution in [3.8, 4) is 0 Å². The molecule has 1 N–H and O–H groups in total. The number of nitrogens with zero attached hydrogens (tertiary/aromatic N) is 2. The van der Waals surface area contributed by atoms with E-state index in [0.29, 0.717) is 17.3 Å². The van der Waals surface area contributed by atoms with Crippen LogP contribution in [0, 0.1) is 5.82 Å². The van der Waals surface area contributed by atoms with E-state index in [2.05, 4.69) is 15.3 Å². The van der Waals surface area contributed by atoms with Gasteiger partial charge >= 0.3 is 0 Å². The van der Waals surface area contributed by atoms with Crippen LogP contribution in [0.15, 0.2) is 84.0 Å². The number of hydrogen-bond acceptors (Lipinski definition) is 5. The lowest BCUT2D eigenvalue weighted by atomic mass is 10.1. The zero-order valence-corrected chi connectivity index (χ0v) is 16.3. The number of ketones is 1. The molecule has 29 heavy (non-hydrogen) atoms. The summed E-state index contributed by atoms with van der Waals surface area (Å²) < 4.78 is 13.0. The molecule has 4 nitrogen and oxygen atoms in total. The predicted octanol–water partition coefficient (Wildman–Crippen LogP) is 5.36. The van der Waals surface area contributed by atoms with Gasteiger partial charge in [0.2, 0.25) is 0 Å². The van der Waals surface area contributed by atoms with Crippen LogP contribution < -0.4 is 5.32 Å². The Morgan fingerprint density at radius 2 is 1.62 bits per heavy atom. The molecule has 0 spiro atoms. The van der Waals surface area contributed by atoms with Gasteiger partial charge in [-0.1, -0.05) is 54.2 Å². The van der Waals surface area contributed by atoms with Crippen LogP contribution in [0.2, 0.25) is 0 Å². The minimum atomic E-state index is -0.360.